The molecule has 0 amide bonds. The Morgan fingerprint density at radius 3 is 1.12 bits per heavy atom. The Morgan fingerprint density at radius 2 is 0.850 bits per heavy atom. The van der Waals surface area contributed by atoms with E-state index >= 15 is 0 Å². The van der Waals surface area contributed by atoms with Crippen molar-refractivity contribution >= 4 is 23.2 Å². The first-order valence-corrected chi connectivity index (χ1v) is 14.7. The summed E-state index contributed by atoms with van der Waals surface area (Å²) in [5.74, 6) is 2.31. The van der Waals surface area contributed by atoms with E-state index in [9.17, 15) is 0 Å². The van der Waals surface area contributed by atoms with Crippen LogP contribution in [0.4, 0.5) is 11.4 Å². The van der Waals surface area contributed by atoms with Gasteiger partial charge in [0, 0.05) is 0 Å². The van der Waals surface area contributed by atoms with Gasteiger partial charge in [0.05, 0.1) is 24.6 Å². The van der Waals surface area contributed by atoms with E-state index in [1.165, 1.54) is 22.3 Å². The van der Waals surface area contributed by atoms with E-state index in [0.29, 0.717) is 60.1 Å². The summed E-state index contributed by atoms with van der Waals surface area (Å²) >= 11 is 0. The van der Waals surface area contributed by atoms with Gasteiger partial charge in [0.2, 0.25) is 11.8 Å². The van der Waals surface area contributed by atoms with Crippen molar-refractivity contribution in [2.75, 3.05) is 13.2 Å². The van der Waals surface area contributed by atoms with Gasteiger partial charge in [-0.2, -0.15) is 0 Å². The lowest BCUT2D eigenvalue weighted by atomic mass is 9.93. The van der Waals surface area contributed by atoms with Gasteiger partial charge in [0.1, 0.15) is 11.4 Å². The van der Waals surface area contributed by atoms with Gasteiger partial charge < -0.3 is 9.47 Å². The average molecular weight is 542 g/mol. The predicted octanol–water partition coefficient (Wildman–Crippen LogP) is 9.80. The number of aromatic nitrogens is 1. The van der Waals surface area contributed by atoms with Crippen LogP contribution in [0.3, 0.4) is 0 Å². The number of pyridine rings is 1. The van der Waals surface area contributed by atoms with Crippen LogP contribution >= 0.6 is 0 Å². The second kappa shape index (κ2) is 14.2. The highest BCUT2D eigenvalue weighted by Crippen LogP contribution is 2.36. The zero-order valence-electron chi connectivity index (χ0n) is 26.1. The maximum Gasteiger partial charge on any atom is 0.240 e. The molecule has 5 heteroatoms. The van der Waals surface area contributed by atoms with Crippen molar-refractivity contribution in [3.05, 3.63) is 88.2 Å². The van der Waals surface area contributed by atoms with Crippen molar-refractivity contribution < 1.29 is 9.47 Å². The molecule has 0 unspecified atom stereocenters. The first-order chi connectivity index (χ1) is 19.1. The highest BCUT2D eigenvalue weighted by Gasteiger charge is 2.19. The van der Waals surface area contributed by atoms with E-state index in [-0.39, 0.29) is 0 Å². The van der Waals surface area contributed by atoms with Gasteiger partial charge >= 0.3 is 0 Å². The molecule has 0 atom stereocenters. The molecule has 214 valence electrons. The quantitative estimate of drug-likeness (QED) is 0.190. The molecule has 1 heterocycles. The smallest absolute Gasteiger partial charge is 0.240 e. The van der Waals surface area contributed by atoms with Gasteiger partial charge in [-0.3, -0.25) is 0 Å². The van der Waals surface area contributed by atoms with E-state index in [1.807, 2.05) is 32.0 Å². The van der Waals surface area contributed by atoms with Crippen LogP contribution in [0.5, 0.6) is 0 Å². The molecule has 0 spiro atoms. The molecule has 40 heavy (non-hydrogen) atoms. The molecule has 0 aliphatic heterocycles. The Bertz CT molecular complexity index is 1180. The van der Waals surface area contributed by atoms with Crippen LogP contribution in [0.25, 0.3) is 0 Å². The van der Waals surface area contributed by atoms with Crippen LogP contribution in [0.2, 0.25) is 0 Å². The summed E-state index contributed by atoms with van der Waals surface area (Å²) in [6, 6.07) is 18.7. The summed E-state index contributed by atoms with van der Waals surface area (Å²) in [6.07, 6.45) is 0. The van der Waals surface area contributed by atoms with Gasteiger partial charge in [0.25, 0.3) is 0 Å². The number of benzene rings is 2. The number of para-hydroxylation sites is 2. The fraction of sp³-hybridized carbons (Fsp3) is 0.457. The molecule has 5 nitrogen and oxygen atoms in total. The largest absolute Gasteiger partial charge is 0.476 e. The lowest BCUT2D eigenvalue weighted by Crippen LogP contribution is -2.15. The Hall–Kier alpha value is -3.47. The predicted molar refractivity (Wildman–Crippen MR) is 169 cm³/mol. The van der Waals surface area contributed by atoms with E-state index < -0.39 is 0 Å². The third kappa shape index (κ3) is 7.38. The Balaban J connectivity index is 2.21. The molecule has 0 radical (unpaired) electrons. The third-order valence-corrected chi connectivity index (χ3v) is 6.86. The summed E-state index contributed by atoms with van der Waals surface area (Å²) in [5.41, 5.74) is 8.03. The first kappa shape index (κ1) is 31.1. The molecule has 0 bridgehead atoms. The van der Waals surface area contributed by atoms with Gasteiger partial charge in [0.15, 0.2) is 0 Å². The standard InChI is InChI=1S/C35H47N3O2/c1-11-39-34(37-32-26(22(3)4)16-13-17-27(32)23(5)6)30-20-15-21-31(36-30)35(40-12-2)38-33-28(24(7)8)18-14-19-29(33)25(9)10/h13-25H,11-12H2,1-10H3. The number of hydrogen-bond donors (Lipinski definition) is 0. The third-order valence-electron chi connectivity index (χ3n) is 6.86. The van der Waals surface area contributed by atoms with Crippen molar-refractivity contribution in [1.82, 2.24) is 4.98 Å². The van der Waals surface area contributed by atoms with E-state index in [4.69, 9.17) is 24.4 Å². The van der Waals surface area contributed by atoms with Crippen molar-refractivity contribution in [3.8, 4) is 0 Å². The molecule has 0 N–H and O–H groups in total. The molecule has 0 saturated carbocycles. The molecular weight excluding hydrogens is 494 g/mol. The van der Waals surface area contributed by atoms with Crippen LogP contribution in [0.1, 0.15) is 127 Å². The topological polar surface area (TPSA) is 56.1 Å². The Kier molecular flexibility index (Phi) is 11.1. The zero-order valence-corrected chi connectivity index (χ0v) is 26.1. The second-order valence-electron chi connectivity index (χ2n) is 11.3. The lowest BCUT2D eigenvalue weighted by Gasteiger charge is -2.18. The van der Waals surface area contributed by atoms with Crippen LogP contribution in [0, 0.1) is 0 Å². The maximum atomic E-state index is 6.12. The van der Waals surface area contributed by atoms with Gasteiger partial charge in [-0.1, -0.05) is 97.9 Å². The fourth-order valence-electron chi connectivity index (χ4n) is 4.76. The van der Waals surface area contributed by atoms with Crippen molar-refractivity contribution in [2.24, 2.45) is 9.98 Å². The molecule has 3 aromatic rings. The molecule has 3 rings (SSSR count). The minimum atomic E-state index is 0.326. The summed E-state index contributed by atoms with van der Waals surface area (Å²) in [4.78, 5) is 15.2. The summed E-state index contributed by atoms with van der Waals surface area (Å²) in [7, 11) is 0. The first-order valence-electron chi connectivity index (χ1n) is 14.7. The summed E-state index contributed by atoms with van der Waals surface area (Å²) in [5, 5.41) is 0. The van der Waals surface area contributed by atoms with E-state index in [0.717, 1.165) is 11.4 Å². The second-order valence-corrected chi connectivity index (χ2v) is 11.3. The van der Waals surface area contributed by atoms with E-state index in [1.54, 1.807) is 0 Å². The van der Waals surface area contributed by atoms with Crippen LogP contribution < -0.4 is 0 Å². The Labute approximate surface area is 241 Å². The monoisotopic (exact) mass is 541 g/mol. The SMILES string of the molecule is CCOC(=Nc1c(C(C)C)cccc1C(C)C)c1cccc(C(=Nc2c(C(C)C)cccc2C(C)C)OCC)n1. The summed E-state index contributed by atoms with van der Waals surface area (Å²) in [6.45, 7) is 22.5. The molecular formula is C35H47N3O2. The van der Waals surface area contributed by atoms with Crippen LogP contribution in [-0.4, -0.2) is 30.0 Å². The van der Waals surface area contributed by atoms with Crippen molar-refractivity contribution in [2.45, 2.75) is 92.9 Å². The van der Waals surface area contributed by atoms with Crippen LogP contribution in [-0.2, 0) is 9.47 Å². The Morgan fingerprint density at radius 1 is 0.550 bits per heavy atom. The molecule has 2 aromatic carbocycles. The van der Waals surface area contributed by atoms with Gasteiger partial charge in [-0.15, -0.1) is 0 Å². The number of aliphatic imine (C=N–C) groups is 2. The molecule has 1 aromatic heterocycles. The molecule has 0 aliphatic carbocycles. The highest BCUT2D eigenvalue weighted by molar-refractivity contribution is 5.98. The average Bonchev–Trinajstić information content (AvgIpc) is 2.92. The van der Waals surface area contributed by atoms with Crippen LogP contribution in [0.15, 0.2) is 64.6 Å². The number of hydrogen-bond acceptors (Lipinski definition) is 5. The lowest BCUT2D eigenvalue weighted by molar-refractivity contribution is 0.325. The number of rotatable bonds is 10. The number of ether oxygens (including phenoxy) is 2. The molecule has 0 aliphatic rings. The van der Waals surface area contributed by atoms with Gasteiger partial charge in [-0.05, 0) is 71.9 Å². The summed E-state index contributed by atoms with van der Waals surface area (Å²) < 4.78 is 12.2. The normalized spacial score (nSPS) is 12.7. The minimum absolute atomic E-state index is 0.326. The van der Waals surface area contributed by atoms with E-state index in [2.05, 4.69) is 91.8 Å². The highest BCUT2D eigenvalue weighted by atomic mass is 16.5. The maximum absolute atomic E-state index is 6.12. The van der Waals surface area contributed by atoms with Crippen molar-refractivity contribution in [1.29, 1.82) is 0 Å². The van der Waals surface area contributed by atoms with Crippen molar-refractivity contribution in [3.63, 3.8) is 0 Å². The molecule has 0 saturated heterocycles. The minimum Gasteiger partial charge on any atom is -0.476 e. The number of nitrogens with zero attached hydrogens (tertiary/aromatic N) is 3. The molecule has 0 fully saturated rings. The zero-order chi connectivity index (χ0) is 29.4. The van der Waals surface area contributed by atoms with Gasteiger partial charge in [-0.25, -0.2) is 15.0 Å². The fourth-order valence-corrected chi connectivity index (χ4v) is 4.76.